The summed E-state index contributed by atoms with van der Waals surface area (Å²) < 4.78 is 13.2. The zero-order chi connectivity index (χ0) is 17.0. The van der Waals surface area contributed by atoms with Crippen molar-refractivity contribution < 1.29 is 14.3 Å². The molecule has 2 atom stereocenters. The Hall–Kier alpha value is -1.46. The third-order valence-corrected chi connectivity index (χ3v) is 4.57. The first-order valence-corrected chi connectivity index (χ1v) is 8.19. The smallest absolute Gasteiger partial charge is 0.222 e. The van der Waals surface area contributed by atoms with Crippen LogP contribution >= 0.6 is 0 Å². The van der Waals surface area contributed by atoms with E-state index in [9.17, 15) is 14.3 Å². The second-order valence-electron chi connectivity index (χ2n) is 7.21. The quantitative estimate of drug-likeness (QED) is 0.846. The second-order valence-corrected chi connectivity index (χ2v) is 7.21. The maximum atomic E-state index is 13.2. The number of benzene rings is 1. The van der Waals surface area contributed by atoms with Crippen LogP contribution in [0.2, 0.25) is 0 Å². The number of likely N-dealkylation sites (tertiary alicyclic amines) is 1. The average Bonchev–Trinajstić information content (AvgIpc) is 2.48. The van der Waals surface area contributed by atoms with E-state index in [1.54, 1.807) is 17.0 Å². The predicted molar refractivity (Wildman–Crippen MR) is 88.4 cm³/mol. The molecule has 1 heterocycles. The lowest BCUT2D eigenvalue weighted by atomic mass is 9.84. The Morgan fingerprint density at radius 2 is 2.22 bits per heavy atom. The highest BCUT2D eigenvalue weighted by Gasteiger charge is 2.29. The summed E-state index contributed by atoms with van der Waals surface area (Å²) in [7, 11) is 1.84. The monoisotopic (exact) mass is 322 g/mol. The molecule has 0 aromatic heterocycles. The van der Waals surface area contributed by atoms with Crippen LogP contribution in [0.25, 0.3) is 0 Å². The molecule has 1 amide bonds. The van der Waals surface area contributed by atoms with Crippen molar-refractivity contribution in [3.05, 3.63) is 35.6 Å². The van der Waals surface area contributed by atoms with Crippen LogP contribution in [0.3, 0.4) is 0 Å². The van der Waals surface area contributed by atoms with Crippen LogP contribution in [-0.2, 0) is 4.79 Å². The summed E-state index contributed by atoms with van der Waals surface area (Å²) in [6.07, 6.45) is 1.74. The molecule has 1 aliphatic rings. The number of carbonyl (C=O) groups excluding carboxylic acids is 1. The number of hydrogen-bond acceptors (Lipinski definition) is 3. The Kier molecular flexibility index (Phi) is 5.76. The lowest BCUT2D eigenvalue weighted by Gasteiger charge is -2.35. The van der Waals surface area contributed by atoms with Crippen molar-refractivity contribution in [2.75, 3.05) is 20.1 Å². The van der Waals surface area contributed by atoms with E-state index < -0.39 is 6.10 Å². The van der Waals surface area contributed by atoms with Gasteiger partial charge in [0, 0.05) is 32.1 Å². The number of aliphatic hydroxyl groups excluding tert-OH is 1. The maximum absolute atomic E-state index is 13.2. The summed E-state index contributed by atoms with van der Waals surface area (Å²) in [5, 5.41) is 13.6. The van der Waals surface area contributed by atoms with Crippen LogP contribution in [0.1, 0.15) is 44.8 Å². The Balaban J connectivity index is 1.85. The predicted octanol–water partition coefficient (Wildman–Crippen LogP) is 2.49. The summed E-state index contributed by atoms with van der Waals surface area (Å²) in [6, 6.07) is 6.04. The van der Waals surface area contributed by atoms with E-state index in [-0.39, 0.29) is 17.3 Å². The number of hydrogen-bond donors (Lipinski definition) is 2. The molecule has 23 heavy (non-hydrogen) atoms. The van der Waals surface area contributed by atoms with Gasteiger partial charge in [0.05, 0.1) is 6.10 Å². The Bertz CT molecular complexity index is 548. The van der Waals surface area contributed by atoms with Gasteiger partial charge in [0.25, 0.3) is 0 Å². The van der Waals surface area contributed by atoms with Gasteiger partial charge in [-0.3, -0.25) is 4.79 Å². The lowest BCUT2D eigenvalue weighted by Crippen LogP contribution is -2.45. The summed E-state index contributed by atoms with van der Waals surface area (Å²) >= 11 is 0. The molecule has 1 fully saturated rings. The number of carbonyl (C=O) groups is 1. The van der Waals surface area contributed by atoms with Crippen LogP contribution in [0, 0.1) is 11.7 Å². The molecule has 1 aliphatic heterocycles. The van der Waals surface area contributed by atoms with E-state index >= 15 is 0 Å². The fourth-order valence-corrected chi connectivity index (χ4v) is 3.18. The number of nitrogens with one attached hydrogen (secondary N) is 1. The van der Waals surface area contributed by atoms with Crippen LogP contribution in [0.4, 0.5) is 4.39 Å². The van der Waals surface area contributed by atoms with Gasteiger partial charge in [0.1, 0.15) is 5.82 Å². The summed E-state index contributed by atoms with van der Waals surface area (Å²) in [5.41, 5.74) is 0.387. The van der Waals surface area contributed by atoms with Crippen molar-refractivity contribution in [1.29, 1.82) is 0 Å². The minimum atomic E-state index is -0.746. The molecule has 128 valence electrons. The van der Waals surface area contributed by atoms with E-state index in [4.69, 9.17) is 0 Å². The molecule has 0 radical (unpaired) electrons. The first-order valence-electron chi connectivity index (χ1n) is 8.19. The third kappa shape index (κ3) is 5.29. The molecule has 2 rings (SSSR count). The zero-order valence-electron chi connectivity index (χ0n) is 14.2. The van der Waals surface area contributed by atoms with Crippen LogP contribution < -0.4 is 5.32 Å². The number of nitrogens with zero attached hydrogens (tertiary/aromatic N) is 1. The van der Waals surface area contributed by atoms with Gasteiger partial charge in [-0.05, 0) is 50.3 Å². The molecule has 1 aromatic carbocycles. The summed E-state index contributed by atoms with van der Waals surface area (Å²) in [5.74, 6) is 0.231. The van der Waals surface area contributed by atoms with Gasteiger partial charge >= 0.3 is 0 Å². The van der Waals surface area contributed by atoms with Gasteiger partial charge in [-0.2, -0.15) is 0 Å². The fourth-order valence-electron chi connectivity index (χ4n) is 3.18. The highest BCUT2D eigenvalue weighted by atomic mass is 19.1. The van der Waals surface area contributed by atoms with Crippen molar-refractivity contribution in [2.24, 2.45) is 5.92 Å². The standard InChI is InChI=1S/C18H27FN2O2/c1-18(2,11-13-7-8-21(3)17(23)9-13)20-12-16(22)14-5-4-6-15(19)10-14/h4-6,10,13,16,20,22H,7-9,11-12H2,1-3H3/t13-,16-/m0/s1. The van der Waals surface area contributed by atoms with E-state index in [2.05, 4.69) is 19.2 Å². The van der Waals surface area contributed by atoms with Crippen molar-refractivity contribution >= 4 is 5.91 Å². The molecule has 4 nitrogen and oxygen atoms in total. The molecule has 0 aliphatic carbocycles. The summed E-state index contributed by atoms with van der Waals surface area (Å²) in [4.78, 5) is 13.6. The molecule has 2 N–H and O–H groups in total. The Morgan fingerprint density at radius 3 is 2.87 bits per heavy atom. The Labute approximate surface area is 137 Å². The first kappa shape index (κ1) is 17.9. The van der Waals surface area contributed by atoms with Gasteiger partial charge < -0.3 is 15.3 Å². The molecule has 1 aromatic rings. The number of piperidine rings is 1. The lowest BCUT2D eigenvalue weighted by molar-refractivity contribution is -0.133. The van der Waals surface area contributed by atoms with Crippen LogP contribution in [0.5, 0.6) is 0 Å². The SMILES string of the molecule is CN1CC[C@H](CC(C)(C)NC[C@H](O)c2cccc(F)c2)CC1=O. The van der Waals surface area contributed by atoms with E-state index in [1.807, 2.05) is 7.05 Å². The molecule has 5 heteroatoms. The number of rotatable bonds is 6. The number of aliphatic hydroxyl groups is 1. The number of amides is 1. The largest absolute Gasteiger partial charge is 0.387 e. The van der Waals surface area contributed by atoms with E-state index in [0.29, 0.717) is 24.4 Å². The molecule has 0 saturated carbocycles. The normalized spacial score (nSPS) is 20.7. The average molecular weight is 322 g/mol. The van der Waals surface area contributed by atoms with Gasteiger partial charge in [-0.1, -0.05) is 12.1 Å². The number of halogens is 1. The third-order valence-electron chi connectivity index (χ3n) is 4.57. The highest BCUT2D eigenvalue weighted by Crippen LogP contribution is 2.27. The second kappa shape index (κ2) is 7.41. The van der Waals surface area contributed by atoms with Crippen LogP contribution in [0.15, 0.2) is 24.3 Å². The van der Waals surface area contributed by atoms with E-state index in [1.165, 1.54) is 12.1 Å². The van der Waals surface area contributed by atoms with Gasteiger partial charge in [0.15, 0.2) is 0 Å². The first-order chi connectivity index (χ1) is 10.8. The zero-order valence-corrected chi connectivity index (χ0v) is 14.2. The van der Waals surface area contributed by atoms with Crippen molar-refractivity contribution in [2.45, 2.75) is 44.8 Å². The number of β-amino-alcohol motifs (C(OH)–C–C–N with tert-alkyl or cyclic N) is 1. The maximum Gasteiger partial charge on any atom is 0.222 e. The molecular formula is C18H27FN2O2. The van der Waals surface area contributed by atoms with Gasteiger partial charge in [-0.25, -0.2) is 4.39 Å². The Morgan fingerprint density at radius 1 is 1.48 bits per heavy atom. The van der Waals surface area contributed by atoms with E-state index in [0.717, 1.165) is 19.4 Å². The van der Waals surface area contributed by atoms with Gasteiger partial charge in [-0.15, -0.1) is 0 Å². The molecule has 0 bridgehead atoms. The molecule has 0 spiro atoms. The molecule has 0 unspecified atom stereocenters. The minimum absolute atomic E-state index is 0.185. The van der Waals surface area contributed by atoms with Crippen LogP contribution in [-0.4, -0.2) is 41.6 Å². The van der Waals surface area contributed by atoms with Crippen molar-refractivity contribution in [3.8, 4) is 0 Å². The fraction of sp³-hybridized carbons (Fsp3) is 0.611. The topological polar surface area (TPSA) is 52.6 Å². The highest BCUT2D eigenvalue weighted by molar-refractivity contribution is 5.76. The molecular weight excluding hydrogens is 295 g/mol. The van der Waals surface area contributed by atoms with Gasteiger partial charge in [0.2, 0.25) is 5.91 Å². The molecule has 1 saturated heterocycles. The van der Waals surface area contributed by atoms with Crippen molar-refractivity contribution in [3.63, 3.8) is 0 Å². The van der Waals surface area contributed by atoms with Crippen molar-refractivity contribution in [1.82, 2.24) is 10.2 Å². The summed E-state index contributed by atoms with van der Waals surface area (Å²) in [6.45, 7) is 5.32. The minimum Gasteiger partial charge on any atom is -0.387 e.